The van der Waals surface area contributed by atoms with Crippen LogP contribution < -0.4 is 21.7 Å². The van der Waals surface area contributed by atoms with Gasteiger partial charge in [-0.05, 0) is 66.2 Å². The van der Waals surface area contributed by atoms with E-state index >= 15 is 0 Å². The van der Waals surface area contributed by atoms with Crippen LogP contribution >= 0.6 is 0 Å². The Morgan fingerprint density at radius 1 is 0.384 bits per heavy atom. The fourth-order valence-electron chi connectivity index (χ4n) is 16.6. The molecule has 780 valence electrons. The van der Waals surface area contributed by atoms with E-state index in [4.69, 9.17) is 48.4 Å². The highest BCUT2D eigenvalue weighted by Gasteiger charge is 2.52. The van der Waals surface area contributed by atoms with E-state index < -0.39 is 300 Å². The van der Waals surface area contributed by atoms with Crippen molar-refractivity contribution in [3.8, 4) is 0 Å². The van der Waals surface area contributed by atoms with Gasteiger partial charge in [-0.3, -0.25) is 19.2 Å². The molecule has 138 heavy (non-hydrogen) atoms. The highest BCUT2D eigenvalue weighted by Crippen LogP contribution is 2.39. The molecule has 38 nitrogen and oxygen atoms in total. The minimum Gasteiger partial charge on any atom is -0.462 e. The van der Waals surface area contributed by atoms with Crippen molar-refractivity contribution in [3.05, 3.63) is 183 Å². The lowest BCUT2D eigenvalue weighted by atomic mass is 9.87. The molecular weight excluding hydrogens is 1800 g/mol. The van der Waals surface area contributed by atoms with Crippen LogP contribution in [0.15, 0.2) is 183 Å². The summed E-state index contributed by atoms with van der Waals surface area (Å²) in [5.41, 5.74) is 6.06. The van der Waals surface area contributed by atoms with Gasteiger partial charge in [-0.1, -0.05) is 210 Å². The van der Waals surface area contributed by atoms with Crippen molar-refractivity contribution in [2.75, 3.05) is 6.61 Å². The number of nitrogens with two attached hydrogens (primary N) is 1. The summed E-state index contributed by atoms with van der Waals surface area (Å²) >= 11 is 0. The Balaban J connectivity index is 0.000000489. The second-order valence-corrected chi connectivity index (χ2v) is 36.8. The second-order valence-electron chi connectivity index (χ2n) is 36.8. The number of ether oxygens (including phenoxy) is 9. The van der Waals surface area contributed by atoms with Crippen molar-refractivity contribution < 1.29 is 169 Å². The number of esters is 2. The Labute approximate surface area is 808 Å². The summed E-state index contributed by atoms with van der Waals surface area (Å²) in [6, 6.07) is -4.65. The summed E-state index contributed by atoms with van der Waals surface area (Å²) in [4.78, 5) is 62.5. The van der Waals surface area contributed by atoms with Crippen LogP contribution in [0.1, 0.15) is 172 Å². The van der Waals surface area contributed by atoms with Crippen LogP contribution in [0.4, 0.5) is 4.79 Å². The molecule has 38 heteroatoms. The van der Waals surface area contributed by atoms with Crippen LogP contribution in [0, 0.1) is 23.7 Å². The van der Waals surface area contributed by atoms with Gasteiger partial charge < -0.3 is 166 Å². The molecule has 0 aromatic carbocycles. The zero-order chi connectivity index (χ0) is 103. The number of alkyl carbamates (subject to hydrolysis) is 1. The van der Waals surface area contributed by atoms with Crippen molar-refractivity contribution in [3.63, 3.8) is 0 Å². The minimum absolute atomic E-state index is 0.0853. The smallest absolute Gasteiger partial charge is 0.407 e. The molecule has 4 saturated heterocycles. The van der Waals surface area contributed by atoms with Crippen LogP contribution in [0.25, 0.3) is 0 Å². The monoisotopic (exact) mass is 1960 g/mol. The predicted octanol–water partition coefficient (Wildman–Crippen LogP) is 1.98. The highest BCUT2D eigenvalue weighted by atomic mass is 16.7. The summed E-state index contributed by atoms with van der Waals surface area (Å²) in [5.74, 6) is -8.46. The zero-order valence-corrected chi connectivity index (χ0v) is 80.5. The highest BCUT2D eigenvalue weighted by molar-refractivity contribution is 5.74. The Morgan fingerprint density at radius 2 is 0.717 bits per heavy atom. The number of aliphatic hydroxyl groups is 20. The third-order valence-electron chi connectivity index (χ3n) is 24.8. The Bertz CT molecular complexity index is 4080. The van der Waals surface area contributed by atoms with Gasteiger partial charge >= 0.3 is 18.0 Å². The van der Waals surface area contributed by atoms with Crippen molar-refractivity contribution in [2.45, 2.75) is 379 Å². The van der Waals surface area contributed by atoms with E-state index in [-0.39, 0.29) is 69.8 Å². The van der Waals surface area contributed by atoms with E-state index in [1.54, 1.807) is 144 Å². The van der Waals surface area contributed by atoms with E-state index in [2.05, 4.69) is 22.5 Å². The van der Waals surface area contributed by atoms with Gasteiger partial charge in [0, 0.05) is 88.9 Å². The maximum atomic E-state index is 12.7. The van der Waals surface area contributed by atoms with E-state index in [0.717, 1.165) is 0 Å². The minimum atomic E-state index is -2.27. The van der Waals surface area contributed by atoms with Crippen molar-refractivity contribution in [1.29, 1.82) is 0 Å². The predicted molar refractivity (Wildman–Crippen MR) is 507 cm³/mol. The van der Waals surface area contributed by atoms with Crippen molar-refractivity contribution in [1.82, 2.24) is 16.0 Å². The molecule has 0 spiro atoms. The van der Waals surface area contributed by atoms with E-state index in [1.165, 1.54) is 26.8 Å². The normalized spacial score (nSPS) is 43.4. The maximum Gasteiger partial charge on any atom is 0.407 e. The molecule has 0 radical (unpaired) electrons. The molecule has 0 aliphatic carbocycles. The summed E-state index contributed by atoms with van der Waals surface area (Å²) in [6.07, 6.45) is 9.60. The molecule has 6 rings (SSSR count). The van der Waals surface area contributed by atoms with Crippen LogP contribution in [0.5, 0.6) is 0 Å². The molecule has 0 aromatic rings. The average Bonchev–Trinajstić information content (AvgIpc) is 0.747. The number of hydrogen-bond donors (Lipinski definition) is 24. The quantitative estimate of drug-likeness (QED) is 0.0891. The molecule has 6 aliphatic heterocycles. The number of amides is 3. The van der Waals surface area contributed by atoms with Crippen LogP contribution in [0.3, 0.4) is 0 Å². The van der Waals surface area contributed by atoms with Gasteiger partial charge in [0.05, 0.1) is 165 Å². The third kappa shape index (κ3) is 43.5. The number of nitrogens with one attached hydrogen (secondary N) is 3. The van der Waals surface area contributed by atoms with E-state index in [0.29, 0.717) is 0 Å². The lowest BCUT2D eigenvalue weighted by Gasteiger charge is -2.46. The topological polar surface area (TPSA) is 635 Å². The number of allylic oxidation sites excluding steroid dienone is 24. The molecule has 6 aliphatic rings. The number of fused-ring (bicyclic) bond motifs is 4. The van der Waals surface area contributed by atoms with Gasteiger partial charge in [0.1, 0.15) is 37.1 Å². The first-order chi connectivity index (χ1) is 65.1. The number of carbonyl (C=O) groups excluding carboxylic acids is 5. The molecule has 4 fully saturated rings. The Hall–Kier alpha value is -7.83. The van der Waals surface area contributed by atoms with Crippen LogP contribution in [-0.4, -0.2) is 346 Å². The zero-order valence-electron chi connectivity index (χ0n) is 80.5. The summed E-state index contributed by atoms with van der Waals surface area (Å²) in [5, 5.41) is 227. The van der Waals surface area contributed by atoms with Gasteiger partial charge in [0.2, 0.25) is 11.8 Å². The number of hydrogen-bond acceptors (Lipinski definition) is 35. The van der Waals surface area contributed by atoms with E-state index in [1.807, 2.05) is 74.6 Å². The molecule has 38 atom stereocenters. The third-order valence-corrected chi connectivity index (χ3v) is 24.8. The van der Waals surface area contributed by atoms with Gasteiger partial charge in [0.15, 0.2) is 24.2 Å². The standard InChI is InChI=1S/C52H80N2O18.C48H76N2O16/c1-7-24-68-51(66)54-46-48(64)34(5)70-50(49(46)65)71-39-21-19-17-15-13-11-9-8-10-12-14-16-18-20-31(2)47(63)32(3)33(4)69-44(62)27-37(57)25-36(56)22-23-40(59)41(60)26-38(58)29-52(67)30-42(61)45(53-35(6)55)43(28-39)72-52;1-28-18-16-14-12-10-8-6-7-9-11-13-15-17-19-36(65-47-46(61)42(49)45(60)31(4)64-47)25-40-43(50-32(5)51)39(57)27-48(62,66-40)26-35(54)23-38(56)37(55)21-20-33(52)22-34(53)24-41(58)63-30(3)29(2)44(28)59/h7-21,31-34,36-43,45-50,56-61,63-65,67H,1,22-30H2,2-6H3,(H,53,55)(H,54,66);6-19,28-31,33-40,42-47,52-57,59-62H,20-27,49H2,1-5H3,(H,50,51)/b9-8+,12-10+,13-11+,16-14+,17-15+,20-18+,21-19+;7-6+,10-8+,11-9+,14-12+,15-13+,18-16+,19-17+. The molecule has 6 heterocycles. The molecule has 38 unspecified atom stereocenters. The number of carbonyl (C=O) groups is 5. The first kappa shape index (κ1) is 121. The van der Waals surface area contributed by atoms with Crippen LogP contribution in [-0.2, 0) is 61.8 Å². The van der Waals surface area contributed by atoms with Crippen LogP contribution in [0.2, 0.25) is 0 Å². The SMILES string of the molecule is C=CCOC(=O)NC1C(O)C(C)OC(OC2/C=C/C=C/C=C/C=C/C=C/C=C/C=C/C(C)C(O)C(C)C(C)OC(=O)CC(O)CC(O)CCC(O)C(O)CC(O)CC3(O)CC(O)C(NC(C)=O)C(C2)O3)C1O.CC(=O)NC1C(O)CC2(O)CC(O)CC(O)C(O)CCC(O)CC(O)CC(=O)OC(C)C(C)C(O)C(C)/C=C/C=C/C=C/C=C/C=C/C=C/C=C/C(OC3OC(C)C(O)C(N)C3O)CC1O2. The molecule has 25 N–H and O–H groups in total. The largest absolute Gasteiger partial charge is 0.462 e. The van der Waals surface area contributed by atoms with Gasteiger partial charge in [-0.2, -0.15) is 0 Å². The summed E-state index contributed by atoms with van der Waals surface area (Å²) in [6.45, 7) is 19.3. The lowest BCUT2D eigenvalue weighted by molar-refractivity contribution is -0.304. The maximum absolute atomic E-state index is 12.7. The van der Waals surface area contributed by atoms with Gasteiger partial charge in [0.25, 0.3) is 0 Å². The molecular formula is C100H156N4O34. The van der Waals surface area contributed by atoms with Crippen molar-refractivity contribution >= 4 is 29.8 Å². The fraction of sp³-hybridized carbons (Fsp3) is 0.650. The number of aliphatic hydroxyl groups excluding tert-OH is 18. The average molecular weight is 1960 g/mol. The lowest BCUT2D eigenvalue weighted by Crippen LogP contribution is -2.64. The summed E-state index contributed by atoms with van der Waals surface area (Å²) < 4.78 is 52.3. The van der Waals surface area contributed by atoms with E-state index in [9.17, 15) is 126 Å². The Morgan fingerprint density at radius 3 is 1.07 bits per heavy atom. The van der Waals surface area contributed by atoms with Gasteiger partial charge in [-0.15, -0.1) is 0 Å². The van der Waals surface area contributed by atoms with Crippen molar-refractivity contribution in [2.24, 2.45) is 29.4 Å². The Kier molecular flexibility index (Phi) is 54.1. The molecule has 4 bridgehead atoms. The molecule has 0 saturated carbocycles. The number of rotatable bonds is 9. The van der Waals surface area contributed by atoms with Gasteiger partial charge in [-0.25, -0.2) is 4.79 Å². The first-order valence-corrected chi connectivity index (χ1v) is 47.4. The molecule has 3 amide bonds. The summed E-state index contributed by atoms with van der Waals surface area (Å²) in [7, 11) is 0. The first-order valence-electron chi connectivity index (χ1n) is 47.4. The molecule has 0 aromatic heterocycles. The fourth-order valence-corrected chi connectivity index (χ4v) is 16.6. The number of cyclic esters (lactones) is 2. The second kappa shape index (κ2) is 61.9.